The van der Waals surface area contributed by atoms with Crippen LogP contribution in [0.5, 0.6) is 5.75 Å². The number of carbonyl (C=O) groups is 4. The Balaban J connectivity index is 1.83. The summed E-state index contributed by atoms with van der Waals surface area (Å²) in [6.07, 6.45) is 0.843. The van der Waals surface area contributed by atoms with E-state index < -0.39 is 47.4 Å². The summed E-state index contributed by atoms with van der Waals surface area (Å²) >= 11 is 0. The summed E-state index contributed by atoms with van der Waals surface area (Å²) in [7, 11) is 0. The first-order chi connectivity index (χ1) is 18.6. The highest BCUT2D eigenvalue weighted by Crippen LogP contribution is 2.41. The van der Waals surface area contributed by atoms with Gasteiger partial charge in [0.1, 0.15) is 17.6 Å². The molecule has 3 rings (SSSR count). The number of carboxylic acids is 1. The number of nitrogens with one attached hydrogen (secondary N) is 2. The van der Waals surface area contributed by atoms with Crippen molar-refractivity contribution in [2.45, 2.75) is 51.7 Å². The molecule has 11 heteroatoms. The number of carboxylic acid groups (broad SMARTS) is 1. The number of benzene rings is 2. The minimum Gasteiger partial charge on any atom is -0.503 e. The lowest BCUT2D eigenvalue weighted by Crippen LogP contribution is -2.39. The summed E-state index contributed by atoms with van der Waals surface area (Å²) in [6, 6.07) is 10.4. The summed E-state index contributed by atoms with van der Waals surface area (Å²) in [4.78, 5) is 50.6. The molecule has 2 aromatic carbocycles. The molecule has 0 spiro atoms. The monoisotopic (exact) mass is 541 g/mol. The Morgan fingerprint density at radius 1 is 1.10 bits per heavy atom. The minimum atomic E-state index is -1.16. The van der Waals surface area contributed by atoms with E-state index in [4.69, 9.17) is 4.74 Å². The lowest BCUT2D eigenvalue weighted by atomic mass is 9.97. The van der Waals surface area contributed by atoms with Crippen molar-refractivity contribution >= 4 is 23.7 Å². The van der Waals surface area contributed by atoms with Crippen LogP contribution in [0.25, 0.3) is 0 Å². The first kappa shape index (κ1) is 29.2. The van der Waals surface area contributed by atoms with Crippen LogP contribution in [0.2, 0.25) is 0 Å². The predicted molar refractivity (Wildman–Crippen MR) is 139 cm³/mol. The second kappa shape index (κ2) is 13.4. The van der Waals surface area contributed by atoms with Crippen LogP contribution >= 0.6 is 0 Å². The Kier molecular flexibility index (Phi) is 10.0. The molecule has 1 heterocycles. The molecule has 10 nitrogen and oxygen atoms in total. The lowest BCUT2D eigenvalue weighted by molar-refractivity contribution is -0.141. The van der Waals surface area contributed by atoms with Crippen molar-refractivity contribution in [1.29, 1.82) is 0 Å². The number of amides is 3. The summed E-state index contributed by atoms with van der Waals surface area (Å²) in [5.41, 5.74) is 0.991. The van der Waals surface area contributed by atoms with E-state index >= 15 is 0 Å². The number of aliphatic hydroxyl groups is 1. The molecule has 1 unspecified atom stereocenters. The van der Waals surface area contributed by atoms with Crippen LogP contribution in [0.1, 0.15) is 50.3 Å². The third-order valence-electron chi connectivity index (χ3n) is 6.25. The van der Waals surface area contributed by atoms with Gasteiger partial charge in [-0.1, -0.05) is 30.3 Å². The van der Waals surface area contributed by atoms with Gasteiger partial charge < -0.3 is 30.5 Å². The zero-order chi connectivity index (χ0) is 28.5. The van der Waals surface area contributed by atoms with Gasteiger partial charge in [0.15, 0.2) is 5.76 Å². The maximum Gasteiger partial charge on any atom is 0.326 e. The molecule has 3 amide bonds. The average molecular weight is 542 g/mol. The highest BCUT2D eigenvalue weighted by molar-refractivity contribution is 6.08. The average Bonchev–Trinajstić information content (AvgIpc) is 3.15. The molecule has 4 N–H and O–H groups in total. The third kappa shape index (κ3) is 7.34. The second-order valence-corrected chi connectivity index (χ2v) is 9.03. The number of ether oxygens (including phenoxy) is 1. The Morgan fingerprint density at radius 2 is 1.79 bits per heavy atom. The molecule has 1 aliphatic rings. The van der Waals surface area contributed by atoms with E-state index in [2.05, 4.69) is 10.6 Å². The van der Waals surface area contributed by atoms with Gasteiger partial charge in [0.05, 0.1) is 18.2 Å². The quantitative estimate of drug-likeness (QED) is 0.285. The lowest BCUT2D eigenvalue weighted by Gasteiger charge is -2.28. The number of nitrogens with zero attached hydrogens (tertiary/aromatic N) is 1. The van der Waals surface area contributed by atoms with Gasteiger partial charge in [-0.3, -0.25) is 14.4 Å². The molecule has 0 radical (unpaired) electrons. The second-order valence-electron chi connectivity index (χ2n) is 9.03. The smallest absolute Gasteiger partial charge is 0.326 e. The van der Waals surface area contributed by atoms with Gasteiger partial charge in [-0.2, -0.15) is 0 Å². The number of carbonyl (C=O) groups excluding carboxylic acids is 3. The van der Waals surface area contributed by atoms with Crippen LogP contribution in [-0.4, -0.2) is 58.0 Å². The summed E-state index contributed by atoms with van der Waals surface area (Å²) in [6.45, 7) is 3.51. The Bertz CT molecular complexity index is 1250. The normalized spacial score (nSPS) is 15.7. The zero-order valence-corrected chi connectivity index (χ0v) is 21.8. The maximum absolute atomic E-state index is 13.3. The number of aliphatic hydroxyl groups excluding tert-OH is 1. The molecule has 0 aliphatic carbocycles. The number of para-hydroxylation sites is 1. The van der Waals surface area contributed by atoms with Crippen molar-refractivity contribution in [3.05, 3.63) is 76.8 Å². The van der Waals surface area contributed by atoms with E-state index in [1.54, 1.807) is 31.2 Å². The van der Waals surface area contributed by atoms with Crippen LogP contribution in [0, 0.1) is 5.82 Å². The Morgan fingerprint density at radius 3 is 2.44 bits per heavy atom. The van der Waals surface area contributed by atoms with Crippen molar-refractivity contribution < 1.29 is 38.5 Å². The maximum atomic E-state index is 13.3. The zero-order valence-electron chi connectivity index (χ0n) is 21.8. The van der Waals surface area contributed by atoms with Crippen LogP contribution in [0.4, 0.5) is 4.39 Å². The highest BCUT2D eigenvalue weighted by atomic mass is 19.1. The fourth-order valence-electron chi connectivity index (χ4n) is 4.45. The van der Waals surface area contributed by atoms with Crippen LogP contribution in [0.3, 0.4) is 0 Å². The molecule has 0 saturated carbocycles. The molecule has 39 heavy (non-hydrogen) atoms. The fourth-order valence-corrected chi connectivity index (χ4v) is 4.45. The van der Waals surface area contributed by atoms with Gasteiger partial charge >= 0.3 is 5.97 Å². The number of hydrogen-bond donors (Lipinski definition) is 4. The van der Waals surface area contributed by atoms with Crippen molar-refractivity contribution in [3.8, 4) is 5.75 Å². The number of aliphatic carboxylic acids is 1. The van der Waals surface area contributed by atoms with Gasteiger partial charge in [0.25, 0.3) is 11.8 Å². The number of rotatable bonds is 13. The van der Waals surface area contributed by atoms with Crippen molar-refractivity contribution in [1.82, 2.24) is 15.5 Å². The Hall–Kier alpha value is -4.41. The molecule has 2 atom stereocenters. The molecule has 1 aliphatic heterocycles. The summed E-state index contributed by atoms with van der Waals surface area (Å²) in [5, 5.41) is 25.2. The van der Waals surface area contributed by atoms with E-state index in [0.29, 0.717) is 36.3 Å². The SMILES string of the molecule is CCOc1ccccc1C1C(C(=O)NCc2ccc(F)cc2)=C(O)C(=O)N1CCCC[C@@H](NC(C)=O)C(=O)O. The van der Waals surface area contributed by atoms with Crippen molar-refractivity contribution in [3.63, 3.8) is 0 Å². The summed E-state index contributed by atoms with van der Waals surface area (Å²) in [5.74, 6) is -3.69. The van der Waals surface area contributed by atoms with Gasteiger partial charge in [-0.05, 0) is 49.9 Å². The first-order valence-corrected chi connectivity index (χ1v) is 12.6. The Labute approximate surface area is 225 Å². The molecule has 0 aromatic heterocycles. The fraction of sp³-hybridized carbons (Fsp3) is 0.357. The molecule has 2 aromatic rings. The van der Waals surface area contributed by atoms with Crippen LogP contribution in [0.15, 0.2) is 59.9 Å². The summed E-state index contributed by atoms with van der Waals surface area (Å²) < 4.78 is 19.0. The molecule has 208 valence electrons. The van der Waals surface area contributed by atoms with Gasteiger partial charge in [0.2, 0.25) is 5.91 Å². The topological polar surface area (TPSA) is 145 Å². The van der Waals surface area contributed by atoms with Gasteiger partial charge in [-0.25, -0.2) is 9.18 Å². The van der Waals surface area contributed by atoms with E-state index in [0.717, 1.165) is 0 Å². The largest absolute Gasteiger partial charge is 0.503 e. The van der Waals surface area contributed by atoms with Crippen molar-refractivity contribution in [2.24, 2.45) is 0 Å². The number of unbranched alkanes of at least 4 members (excludes halogenated alkanes) is 1. The highest BCUT2D eigenvalue weighted by Gasteiger charge is 2.44. The standard InChI is InChI=1S/C28H32FN3O7/c1-3-39-22-10-5-4-8-20(22)24-23(26(35)30-16-18-11-13-19(29)14-12-18)25(34)27(36)32(24)15-7-6-9-21(28(37)38)31-17(2)33/h4-5,8,10-14,21,24,34H,3,6-7,9,15-16H2,1-2H3,(H,30,35)(H,31,33)(H,37,38)/t21-,24?/m1/s1. The first-order valence-electron chi connectivity index (χ1n) is 12.6. The molecule has 0 bridgehead atoms. The van der Waals surface area contributed by atoms with Gasteiger partial charge in [0, 0.05) is 25.6 Å². The number of hydrogen-bond acceptors (Lipinski definition) is 6. The van der Waals surface area contributed by atoms with E-state index in [1.165, 1.54) is 36.1 Å². The van der Waals surface area contributed by atoms with Crippen molar-refractivity contribution in [2.75, 3.05) is 13.2 Å². The predicted octanol–water partition coefficient (Wildman–Crippen LogP) is 3.00. The molecular weight excluding hydrogens is 509 g/mol. The van der Waals surface area contributed by atoms with Crippen LogP contribution < -0.4 is 15.4 Å². The van der Waals surface area contributed by atoms with E-state index in [1.807, 2.05) is 0 Å². The van der Waals surface area contributed by atoms with E-state index in [9.17, 15) is 33.8 Å². The minimum absolute atomic E-state index is 0.0453. The molecule has 0 fully saturated rings. The number of halogens is 1. The molecular formula is C28H32FN3O7. The van der Waals surface area contributed by atoms with Crippen LogP contribution in [-0.2, 0) is 25.7 Å². The molecule has 0 saturated heterocycles. The van der Waals surface area contributed by atoms with Gasteiger partial charge in [-0.15, -0.1) is 0 Å². The third-order valence-corrected chi connectivity index (χ3v) is 6.25. The van der Waals surface area contributed by atoms with E-state index in [-0.39, 0.29) is 25.1 Å².